The van der Waals surface area contributed by atoms with E-state index in [4.69, 9.17) is 16.0 Å². The summed E-state index contributed by atoms with van der Waals surface area (Å²) in [6.07, 6.45) is 5.47. The second-order valence-electron chi connectivity index (χ2n) is 4.02. The van der Waals surface area contributed by atoms with Gasteiger partial charge in [-0.25, -0.2) is 0 Å². The van der Waals surface area contributed by atoms with Crippen LogP contribution >= 0.6 is 0 Å². The van der Waals surface area contributed by atoms with Crippen LogP contribution in [0.15, 0.2) is 29.0 Å². The van der Waals surface area contributed by atoms with Crippen LogP contribution in [0.3, 0.4) is 0 Å². The number of rotatable bonds is 3. The van der Waals surface area contributed by atoms with E-state index in [0.717, 1.165) is 13.0 Å². The first-order valence-corrected chi connectivity index (χ1v) is 6.91. The van der Waals surface area contributed by atoms with Crippen LogP contribution in [0.25, 0.3) is 0 Å². The molecule has 0 aromatic rings. The maximum Gasteiger partial charge on any atom is 0.418 e. The van der Waals surface area contributed by atoms with Gasteiger partial charge in [-0.05, 0) is 12.5 Å². The number of nitrogens with two attached hydrogens (primary N) is 2. The predicted octanol–water partition coefficient (Wildman–Crippen LogP) is -2.09. The van der Waals surface area contributed by atoms with Gasteiger partial charge in [-0.1, -0.05) is 12.2 Å². The minimum Gasteiger partial charge on any atom is -0.412 e. The van der Waals surface area contributed by atoms with Crippen molar-refractivity contribution < 1.29 is 22.7 Å². The van der Waals surface area contributed by atoms with Crippen molar-refractivity contribution in [1.29, 1.82) is 0 Å². The van der Waals surface area contributed by atoms with Gasteiger partial charge in [-0.3, -0.25) is 4.55 Å². The maximum atomic E-state index is 10.7. The van der Waals surface area contributed by atoms with E-state index in [-0.39, 0.29) is 11.4 Å². The molecule has 2 heterocycles. The van der Waals surface area contributed by atoms with Crippen LogP contribution in [-0.4, -0.2) is 53.6 Å². The quantitative estimate of drug-likeness (QED) is 0.394. The summed E-state index contributed by atoms with van der Waals surface area (Å²) in [5, 5.41) is 0.624. The molecule has 20 heavy (non-hydrogen) atoms. The molecule has 0 radical (unpaired) electrons. The van der Waals surface area contributed by atoms with E-state index in [9.17, 15) is 8.42 Å². The average molecular weight is 307 g/mol. The summed E-state index contributed by atoms with van der Waals surface area (Å²) in [5.74, 6) is 0.307. The van der Waals surface area contributed by atoms with Crippen molar-refractivity contribution in [3.05, 3.63) is 24.0 Å². The minimum absolute atomic E-state index is 0. The van der Waals surface area contributed by atoms with Crippen molar-refractivity contribution >= 4 is 16.4 Å². The van der Waals surface area contributed by atoms with Crippen LogP contribution in [0.1, 0.15) is 6.42 Å². The van der Waals surface area contributed by atoms with Crippen LogP contribution in [0.4, 0.5) is 0 Å². The summed E-state index contributed by atoms with van der Waals surface area (Å²) in [6.45, 7) is 1.44. The summed E-state index contributed by atoms with van der Waals surface area (Å²) in [4.78, 5) is 5.96. The van der Waals surface area contributed by atoms with E-state index in [0.29, 0.717) is 17.4 Å². The Balaban J connectivity index is 0.00000200. The molecule has 0 spiro atoms. The second kappa shape index (κ2) is 6.19. The molecule has 2 aliphatic heterocycles. The molecule has 11 heteroatoms. The molecule has 2 rings (SSSR count). The highest BCUT2D eigenvalue weighted by Crippen LogP contribution is 2.17. The average Bonchev–Trinajstić information content (AvgIpc) is 2.33. The Bertz CT molecular complexity index is 543. The highest BCUT2D eigenvalue weighted by atomic mass is 32.3. The van der Waals surface area contributed by atoms with Crippen LogP contribution in [0.5, 0.6) is 0 Å². The standard InChI is InChI=1S/C9H15N5O4S.H2O/c10-7-6-8(13-4-2-1-3-5-13)12-9(11)14(7)18-19(15,16)17;/h1-2,6-7H,3-5,10H2,(H2,11,12)(H,15,16,17);1H2. The monoisotopic (exact) mass is 307 g/mol. The third-order valence-electron chi connectivity index (χ3n) is 2.60. The van der Waals surface area contributed by atoms with Gasteiger partial charge >= 0.3 is 10.4 Å². The fourth-order valence-corrected chi connectivity index (χ4v) is 2.17. The van der Waals surface area contributed by atoms with Gasteiger partial charge in [0.05, 0.1) is 0 Å². The lowest BCUT2D eigenvalue weighted by molar-refractivity contribution is -0.0132. The lowest BCUT2D eigenvalue weighted by Gasteiger charge is -2.32. The smallest absolute Gasteiger partial charge is 0.412 e. The van der Waals surface area contributed by atoms with Gasteiger partial charge < -0.3 is 21.8 Å². The molecular formula is C9H17N5O5S. The number of hydrogen-bond donors (Lipinski definition) is 3. The van der Waals surface area contributed by atoms with Crippen LogP contribution in [0.2, 0.25) is 0 Å². The molecule has 1 unspecified atom stereocenters. The Hall–Kier alpha value is -1.66. The van der Waals surface area contributed by atoms with Crippen molar-refractivity contribution in [2.45, 2.75) is 12.6 Å². The van der Waals surface area contributed by atoms with E-state index in [2.05, 4.69) is 15.4 Å². The molecule has 0 amide bonds. The van der Waals surface area contributed by atoms with Crippen LogP contribution in [-0.2, 0) is 14.7 Å². The highest BCUT2D eigenvalue weighted by Gasteiger charge is 2.28. The normalized spacial score (nSPS) is 23.0. The zero-order valence-electron chi connectivity index (χ0n) is 10.5. The zero-order chi connectivity index (χ0) is 14.0. The molecule has 0 aliphatic carbocycles. The molecule has 0 aromatic heterocycles. The molecular weight excluding hydrogens is 290 g/mol. The van der Waals surface area contributed by atoms with Crippen molar-refractivity contribution in [3.8, 4) is 0 Å². The molecule has 114 valence electrons. The fourth-order valence-electron chi connectivity index (χ4n) is 1.79. The Kier molecular flexibility index (Phi) is 5.08. The third kappa shape index (κ3) is 3.91. The van der Waals surface area contributed by atoms with E-state index in [1.54, 1.807) is 0 Å². The number of guanidine groups is 1. The van der Waals surface area contributed by atoms with Gasteiger partial charge in [0.25, 0.3) is 0 Å². The van der Waals surface area contributed by atoms with Gasteiger partial charge in [-0.2, -0.15) is 18.5 Å². The van der Waals surface area contributed by atoms with Crippen molar-refractivity contribution in [2.24, 2.45) is 16.5 Å². The molecule has 0 aromatic carbocycles. The zero-order valence-corrected chi connectivity index (χ0v) is 11.3. The first-order chi connectivity index (χ1) is 8.87. The maximum absolute atomic E-state index is 10.7. The van der Waals surface area contributed by atoms with Crippen molar-refractivity contribution in [1.82, 2.24) is 9.96 Å². The summed E-state index contributed by atoms with van der Waals surface area (Å²) >= 11 is 0. The number of aliphatic imine (C=N–C) groups is 1. The Morgan fingerprint density at radius 1 is 1.45 bits per heavy atom. The third-order valence-corrected chi connectivity index (χ3v) is 2.95. The van der Waals surface area contributed by atoms with Gasteiger partial charge in [0.1, 0.15) is 12.0 Å². The van der Waals surface area contributed by atoms with Gasteiger partial charge in [0, 0.05) is 13.1 Å². The van der Waals surface area contributed by atoms with Gasteiger partial charge in [0.15, 0.2) is 0 Å². The molecule has 7 N–H and O–H groups in total. The Labute approximate surface area is 116 Å². The summed E-state index contributed by atoms with van der Waals surface area (Å²) in [7, 11) is -4.70. The molecule has 0 bridgehead atoms. The van der Waals surface area contributed by atoms with Gasteiger partial charge in [0.2, 0.25) is 5.96 Å². The van der Waals surface area contributed by atoms with Crippen LogP contribution in [0, 0.1) is 0 Å². The Morgan fingerprint density at radius 2 is 2.15 bits per heavy atom. The van der Waals surface area contributed by atoms with Crippen molar-refractivity contribution in [3.63, 3.8) is 0 Å². The number of hydroxylamine groups is 2. The SMILES string of the molecule is NC1=NC(N2CC=CCC2)=CC(N)N1OS(=O)(=O)O.O. The Morgan fingerprint density at radius 3 is 2.65 bits per heavy atom. The molecule has 2 aliphatic rings. The highest BCUT2D eigenvalue weighted by molar-refractivity contribution is 7.80. The lowest BCUT2D eigenvalue weighted by Crippen LogP contribution is -2.52. The first-order valence-electron chi connectivity index (χ1n) is 5.54. The van der Waals surface area contributed by atoms with E-state index < -0.39 is 16.6 Å². The van der Waals surface area contributed by atoms with E-state index in [1.165, 1.54) is 6.08 Å². The second-order valence-corrected chi connectivity index (χ2v) is 5.02. The fraction of sp³-hybridized carbons (Fsp3) is 0.444. The first kappa shape index (κ1) is 16.4. The van der Waals surface area contributed by atoms with Gasteiger partial charge in [-0.15, -0.1) is 4.28 Å². The van der Waals surface area contributed by atoms with E-state index >= 15 is 0 Å². The van der Waals surface area contributed by atoms with E-state index in [1.807, 2.05) is 11.0 Å². The largest absolute Gasteiger partial charge is 0.418 e. The predicted molar refractivity (Wildman–Crippen MR) is 71.1 cm³/mol. The summed E-state index contributed by atoms with van der Waals surface area (Å²) in [6, 6.07) is 0. The summed E-state index contributed by atoms with van der Waals surface area (Å²) in [5.41, 5.74) is 11.3. The van der Waals surface area contributed by atoms with Crippen LogP contribution < -0.4 is 11.5 Å². The molecule has 10 nitrogen and oxygen atoms in total. The molecule has 0 fully saturated rings. The number of hydrogen-bond acceptors (Lipinski definition) is 8. The lowest BCUT2D eigenvalue weighted by atomic mass is 10.2. The van der Waals surface area contributed by atoms with Crippen molar-refractivity contribution in [2.75, 3.05) is 13.1 Å². The topological polar surface area (TPSA) is 166 Å². The number of nitrogens with zero attached hydrogens (tertiary/aromatic N) is 3. The molecule has 0 saturated carbocycles. The molecule has 1 atom stereocenters. The molecule has 0 saturated heterocycles. The minimum atomic E-state index is -4.70. The summed E-state index contributed by atoms with van der Waals surface area (Å²) < 4.78 is 34.2.